The predicted molar refractivity (Wildman–Crippen MR) is 72.7 cm³/mol. The van der Waals surface area contributed by atoms with Crippen LogP contribution in [0.25, 0.3) is 0 Å². The van der Waals surface area contributed by atoms with Crippen LogP contribution >= 0.6 is 0 Å². The molecule has 21 heavy (non-hydrogen) atoms. The minimum Gasteiger partial charge on any atom is -1.00 e. The molecule has 0 unspecified atom stereocenters. The summed E-state index contributed by atoms with van der Waals surface area (Å²) in [6, 6.07) is 14.2. The summed E-state index contributed by atoms with van der Waals surface area (Å²) in [6.45, 7) is 6.45. The number of carboxylic acid groups (broad SMARTS) is 1. The Bertz CT molecular complexity index is 516. The van der Waals surface area contributed by atoms with Gasteiger partial charge in [0.2, 0.25) is 0 Å². The van der Waals surface area contributed by atoms with Gasteiger partial charge in [-0.2, -0.15) is 35.4 Å². The number of halogens is 1. The number of aryl methyl sites for hydroxylation is 1. The summed E-state index contributed by atoms with van der Waals surface area (Å²) < 4.78 is 0. The molecule has 0 radical (unpaired) electrons. The van der Waals surface area contributed by atoms with Crippen LogP contribution in [0.5, 0.6) is 0 Å². The first kappa shape index (κ1) is 22.1. The Morgan fingerprint density at radius 2 is 1.90 bits per heavy atom. The van der Waals surface area contributed by atoms with Gasteiger partial charge in [0.15, 0.2) is 0 Å². The Balaban J connectivity index is 0. The van der Waals surface area contributed by atoms with Crippen molar-refractivity contribution in [2.45, 2.75) is 26.7 Å². The van der Waals surface area contributed by atoms with E-state index < -0.39 is 5.97 Å². The van der Waals surface area contributed by atoms with Crippen LogP contribution in [-0.4, -0.2) is 11.0 Å². The maximum Gasteiger partial charge on any atom is 2.00 e. The number of carbonyl (C=O) groups is 1. The number of carboxylic acids is 1. The minimum atomic E-state index is -1.24. The summed E-state index contributed by atoms with van der Waals surface area (Å²) in [7, 11) is 0. The topological polar surface area (TPSA) is 53.0 Å². The Hall–Kier alpha value is -1.23. The molecule has 0 aliphatic carbocycles. The van der Waals surface area contributed by atoms with Gasteiger partial charge in [0, 0.05) is 6.20 Å². The fourth-order valence-electron chi connectivity index (χ4n) is 1.36. The number of hydrogen-bond donors (Lipinski definition) is 0. The van der Waals surface area contributed by atoms with Crippen LogP contribution in [0.3, 0.4) is 0 Å². The number of hydrogen-bond acceptors (Lipinski definition) is 3. The standard InChI is InChI=1S/C10H13.C6H5NO2.ClH.Os/c1-8(2)10-6-4-9(3)5-7-10;8-6(9)5-3-1-2-4-7-5;;/h4-6,8H,1-3H3;1-4H,(H,8,9);1H;/q-1;;;+2/p-2. The number of aromatic carboxylic acids is 1. The number of rotatable bonds is 2. The van der Waals surface area contributed by atoms with Crippen LogP contribution < -0.4 is 17.5 Å². The molecule has 114 valence electrons. The Labute approximate surface area is 145 Å². The zero-order valence-electron chi connectivity index (χ0n) is 12.1. The number of benzene rings is 1. The second-order valence-electron chi connectivity index (χ2n) is 4.48. The smallest absolute Gasteiger partial charge is 1.00 e. The molecular formula is C16H17ClNO2Os-. The molecule has 0 amide bonds. The summed E-state index contributed by atoms with van der Waals surface area (Å²) in [4.78, 5) is 13.5. The molecule has 0 saturated carbocycles. The Morgan fingerprint density at radius 1 is 1.24 bits per heavy atom. The number of aromatic nitrogens is 1. The van der Waals surface area contributed by atoms with Crippen molar-refractivity contribution in [1.82, 2.24) is 4.98 Å². The summed E-state index contributed by atoms with van der Waals surface area (Å²) in [5.74, 6) is -0.642. The van der Waals surface area contributed by atoms with Crippen LogP contribution in [0.1, 0.15) is 41.4 Å². The van der Waals surface area contributed by atoms with Gasteiger partial charge >= 0.3 is 19.8 Å². The van der Waals surface area contributed by atoms with Crippen molar-refractivity contribution < 1.29 is 42.1 Å². The fourth-order valence-corrected chi connectivity index (χ4v) is 1.36. The van der Waals surface area contributed by atoms with Gasteiger partial charge in [-0.1, -0.05) is 26.8 Å². The Kier molecular flexibility index (Phi) is 12.0. The normalized spacial score (nSPS) is 8.76. The van der Waals surface area contributed by atoms with E-state index in [0.29, 0.717) is 5.92 Å². The van der Waals surface area contributed by atoms with E-state index in [1.165, 1.54) is 23.4 Å². The van der Waals surface area contributed by atoms with E-state index >= 15 is 0 Å². The summed E-state index contributed by atoms with van der Waals surface area (Å²) in [6.07, 6.45) is 1.41. The van der Waals surface area contributed by atoms with Gasteiger partial charge in [-0.3, -0.25) is 4.98 Å². The summed E-state index contributed by atoms with van der Waals surface area (Å²) in [5, 5.41) is 10.0. The second kappa shape index (κ2) is 11.4. The van der Waals surface area contributed by atoms with Gasteiger partial charge in [-0.05, 0) is 18.1 Å². The minimum absolute atomic E-state index is 0. The molecule has 1 aromatic carbocycles. The predicted octanol–water partition coefficient (Wildman–Crippen LogP) is -0.635. The molecule has 5 heteroatoms. The van der Waals surface area contributed by atoms with Crippen molar-refractivity contribution in [1.29, 1.82) is 0 Å². The van der Waals surface area contributed by atoms with Crippen molar-refractivity contribution in [3.8, 4) is 0 Å². The van der Waals surface area contributed by atoms with E-state index in [0.717, 1.165) is 0 Å². The van der Waals surface area contributed by atoms with Gasteiger partial charge in [0.1, 0.15) is 0 Å². The fraction of sp³-hybridized carbons (Fsp3) is 0.250. The molecule has 0 N–H and O–H groups in total. The van der Waals surface area contributed by atoms with Gasteiger partial charge < -0.3 is 22.3 Å². The quantitative estimate of drug-likeness (QED) is 0.538. The maximum atomic E-state index is 10.0. The maximum absolute atomic E-state index is 10.0. The average molecular weight is 481 g/mol. The van der Waals surface area contributed by atoms with Crippen LogP contribution in [0.2, 0.25) is 0 Å². The molecule has 3 nitrogen and oxygen atoms in total. The third-order valence-corrected chi connectivity index (χ3v) is 2.49. The van der Waals surface area contributed by atoms with E-state index in [1.54, 1.807) is 12.1 Å². The van der Waals surface area contributed by atoms with E-state index in [1.807, 2.05) is 6.07 Å². The molecule has 0 aliphatic rings. The first-order chi connectivity index (χ1) is 9.00. The first-order valence-corrected chi connectivity index (χ1v) is 6.11. The third-order valence-electron chi connectivity index (χ3n) is 2.49. The molecule has 0 atom stereocenters. The van der Waals surface area contributed by atoms with E-state index in [4.69, 9.17) is 0 Å². The van der Waals surface area contributed by atoms with Crippen LogP contribution in [0.15, 0.2) is 42.6 Å². The van der Waals surface area contributed by atoms with E-state index in [-0.39, 0.29) is 37.9 Å². The van der Waals surface area contributed by atoms with Crippen LogP contribution in [0.4, 0.5) is 0 Å². The largest absolute Gasteiger partial charge is 2.00 e. The van der Waals surface area contributed by atoms with Gasteiger partial charge in [-0.15, -0.1) is 0 Å². The molecule has 2 rings (SSSR count). The molecule has 0 aliphatic heterocycles. The van der Waals surface area contributed by atoms with Crippen molar-refractivity contribution in [3.05, 3.63) is 65.5 Å². The summed E-state index contributed by atoms with van der Waals surface area (Å²) >= 11 is 0. The van der Waals surface area contributed by atoms with Crippen molar-refractivity contribution in [2.75, 3.05) is 0 Å². The van der Waals surface area contributed by atoms with Crippen molar-refractivity contribution in [2.24, 2.45) is 0 Å². The molecule has 0 fully saturated rings. The molecule has 0 spiro atoms. The molecule has 2 aromatic rings. The zero-order chi connectivity index (χ0) is 14.3. The molecule has 1 heterocycles. The monoisotopic (exact) mass is 482 g/mol. The summed E-state index contributed by atoms with van der Waals surface area (Å²) in [5.41, 5.74) is 2.55. The average Bonchev–Trinajstić information content (AvgIpc) is 2.41. The SMILES string of the molecule is Cc1c[c-]c(C(C)C)cc1.O=C([O-])c1ccccn1.[Cl-].[Os+2]. The Morgan fingerprint density at radius 3 is 2.24 bits per heavy atom. The van der Waals surface area contributed by atoms with E-state index in [2.05, 4.69) is 44.0 Å². The number of pyridine rings is 1. The van der Waals surface area contributed by atoms with E-state index in [9.17, 15) is 9.90 Å². The van der Waals surface area contributed by atoms with Crippen LogP contribution in [-0.2, 0) is 19.8 Å². The zero-order valence-corrected chi connectivity index (χ0v) is 15.4. The second-order valence-corrected chi connectivity index (χ2v) is 4.48. The van der Waals surface area contributed by atoms with Gasteiger partial charge in [0.05, 0.1) is 11.7 Å². The number of carbonyl (C=O) groups excluding carboxylic acids is 1. The van der Waals surface area contributed by atoms with Crippen molar-refractivity contribution in [3.63, 3.8) is 0 Å². The number of nitrogens with zero attached hydrogens (tertiary/aromatic N) is 1. The van der Waals surface area contributed by atoms with Gasteiger partial charge in [0.25, 0.3) is 0 Å². The van der Waals surface area contributed by atoms with Crippen molar-refractivity contribution >= 4 is 5.97 Å². The molecule has 0 saturated heterocycles. The first-order valence-electron chi connectivity index (χ1n) is 6.11. The van der Waals surface area contributed by atoms with Gasteiger partial charge in [-0.25, -0.2) is 0 Å². The molecule has 0 bridgehead atoms. The molecular weight excluding hydrogens is 464 g/mol. The molecule has 1 aromatic heterocycles. The third kappa shape index (κ3) is 8.60. The van der Waals surface area contributed by atoms with Crippen LogP contribution in [0, 0.1) is 13.0 Å².